The Morgan fingerprint density at radius 1 is 1.37 bits per heavy atom. The van der Waals surface area contributed by atoms with E-state index in [0.717, 1.165) is 5.69 Å². The number of nitrogens with zero attached hydrogens (tertiary/aromatic N) is 4. The summed E-state index contributed by atoms with van der Waals surface area (Å²) in [6.07, 6.45) is 5.00. The molecule has 1 N–H and O–H groups in total. The van der Waals surface area contributed by atoms with E-state index in [2.05, 4.69) is 20.4 Å². The van der Waals surface area contributed by atoms with Gasteiger partial charge < -0.3 is 14.8 Å². The van der Waals surface area contributed by atoms with Crippen molar-refractivity contribution in [3.63, 3.8) is 0 Å². The fourth-order valence-corrected chi connectivity index (χ4v) is 1.55. The maximum Gasteiger partial charge on any atom is 0.318 e. The van der Waals surface area contributed by atoms with Gasteiger partial charge in [-0.05, 0) is 0 Å². The van der Waals surface area contributed by atoms with E-state index >= 15 is 0 Å². The molecule has 2 aromatic rings. The first-order valence-electron chi connectivity index (χ1n) is 5.58. The molecule has 0 unspecified atom stereocenters. The van der Waals surface area contributed by atoms with E-state index in [1.165, 1.54) is 13.3 Å². The number of halogens is 1. The Bertz CT molecular complexity index is 546. The number of rotatable bonds is 6. The summed E-state index contributed by atoms with van der Waals surface area (Å²) in [4.78, 5) is 8.02. The molecular formula is C11H14ClN5O2. The molecule has 0 amide bonds. The van der Waals surface area contributed by atoms with Gasteiger partial charge in [0.05, 0.1) is 38.3 Å². The van der Waals surface area contributed by atoms with Gasteiger partial charge in [-0.3, -0.25) is 4.68 Å². The Hall–Kier alpha value is -1.86. The van der Waals surface area contributed by atoms with Crippen LogP contribution in [0.3, 0.4) is 0 Å². The Balaban J connectivity index is 2.10. The highest BCUT2D eigenvalue weighted by molar-refractivity contribution is 6.32. The van der Waals surface area contributed by atoms with Gasteiger partial charge in [-0.15, -0.1) is 0 Å². The third-order valence-electron chi connectivity index (χ3n) is 2.33. The highest BCUT2D eigenvalue weighted by atomic mass is 35.5. The Morgan fingerprint density at radius 2 is 2.21 bits per heavy atom. The molecule has 0 atom stereocenters. The van der Waals surface area contributed by atoms with Crippen LogP contribution >= 0.6 is 11.6 Å². The predicted molar refractivity (Wildman–Crippen MR) is 71.0 cm³/mol. The molecule has 8 heteroatoms. The van der Waals surface area contributed by atoms with E-state index in [4.69, 9.17) is 21.1 Å². The SMILES string of the molecule is COCCn1cc(Nc2nc(OC)ncc2Cl)cn1. The van der Waals surface area contributed by atoms with Crippen LogP contribution in [-0.2, 0) is 11.3 Å². The van der Waals surface area contributed by atoms with Crippen molar-refractivity contribution >= 4 is 23.1 Å². The van der Waals surface area contributed by atoms with E-state index in [0.29, 0.717) is 24.0 Å². The number of nitrogens with one attached hydrogen (secondary N) is 1. The lowest BCUT2D eigenvalue weighted by Crippen LogP contribution is -2.04. The normalized spacial score (nSPS) is 10.5. The molecule has 0 aliphatic carbocycles. The van der Waals surface area contributed by atoms with Gasteiger partial charge >= 0.3 is 6.01 Å². The van der Waals surface area contributed by atoms with Crippen LogP contribution in [-0.4, -0.2) is 40.6 Å². The summed E-state index contributed by atoms with van der Waals surface area (Å²) in [6, 6.07) is 0.249. The molecule has 2 heterocycles. The van der Waals surface area contributed by atoms with Gasteiger partial charge in [0, 0.05) is 13.3 Å². The number of ether oxygens (including phenoxy) is 2. The monoisotopic (exact) mass is 283 g/mol. The minimum atomic E-state index is 0.249. The lowest BCUT2D eigenvalue weighted by atomic mass is 10.5. The molecule has 0 spiro atoms. The van der Waals surface area contributed by atoms with E-state index in [1.54, 1.807) is 18.0 Å². The summed E-state index contributed by atoms with van der Waals surface area (Å²) in [5.41, 5.74) is 0.777. The number of methoxy groups -OCH3 is 2. The van der Waals surface area contributed by atoms with E-state index in [1.807, 2.05) is 6.20 Å². The van der Waals surface area contributed by atoms with Crippen molar-refractivity contribution < 1.29 is 9.47 Å². The Labute approximate surface area is 115 Å². The highest BCUT2D eigenvalue weighted by Crippen LogP contribution is 2.23. The topological polar surface area (TPSA) is 74.1 Å². The van der Waals surface area contributed by atoms with E-state index in [-0.39, 0.29) is 6.01 Å². The van der Waals surface area contributed by atoms with Crippen molar-refractivity contribution in [3.05, 3.63) is 23.6 Å². The second-order valence-corrected chi connectivity index (χ2v) is 4.07. The standard InChI is InChI=1S/C11H14ClN5O2/c1-18-4-3-17-7-8(5-14-17)15-10-9(12)6-13-11(16-10)19-2/h5-7H,3-4H2,1-2H3,(H,13,15,16). The summed E-state index contributed by atoms with van der Waals surface area (Å²) in [7, 11) is 3.14. The van der Waals surface area contributed by atoms with Gasteiger partial charge in [0.1, 0.15) is 5.02 Å². The number of anilines is 2. The Kier molecular flexibility index (Phi) is 4.53. The average Bonchev–Trinajstić information content (AvgIpc) is 2.86. The van der Waals surface area contributed by atoms with Crippen LogP contribution in [0.25, 0.3) is 0 Å². The van der Waals surface area contributed by atoms with Crippen LogP contribution < -0.4 is 10.1 Å². The largest absolute Gasteiger partial charge is 0.467 e. The molecular weight excluding hydrogens is 270 g/mol. The fourth-order valence-electron chi connectivity index (χ4n) is 1.41. The molecule has 0 radical (unpaired) electrons. The maximum absolute atomic E-state index is 6.00. The molecule has 0 bridgehead atoms. The highest BCUT2D eigenvalue weighted by Gasteiger charge is 2.07. The first kappa shape index (κ1) is 13.6. The number of hydrogen-bond donors (Lipinski definition) is 1. The zero-order valence-corrected chi connectivity index (χ0v) is 11.4. The van der Waals surface area contributed by atoms with Crippen LogP contribution in [0.4, 0.5) is 11.5 Å². The van der Waals surface area contributed by atoms with Crippen LogP contribution in [0.1, 0.15) is 0 Å². The molecule has 0 saturated heterocycles. The third-order valence-corrected chi connectivity index (χ3v) is 2.60. The molecule has 0 aromatic carbocycles. The summed E-state index contributed by atoms with van der Waals surface area (Å²) >= 11 is 6.00. The van der Waals surface area contributed by atoms with Crippen molar-refractivity contribution in [2.75, 3.05) is 26.1 Å². The van der Waals surface area contributed by atoms with Gasteiger partial charge in [0.25, 0.3) is 0 Å². The molecule has 2 rings (SSSR count). The number of hydrogen-bond acceptors (Lipinski definition) is 6. The average molecular weight is 284 g/mol. The van der Waals surface area contributed by atoms with Crippen molar-refractivity contribution in [2.45, 2.75) is 6.54 Å². The van der Waals surface area contributed by atoms with Crippen molar-refractivity contribution in [3.8, 4) is 6.01 Å². The van der Waals surface area contributed by atoms with Gasteiger partial charge in [0.15, 0.2) is 5.82 Å². The van der Waals surface area contributed by atoms with Crippen LogP contribution in [0.5, 0.6) is 6.01 Å². The molecule has 0 saturated carbocycles. The van der Waals surface area contributed by atoms with Crippen LogP contribution in [0.15, 0.2) is 18.6 Å². The zero-order valence-electron chi connectivity index (χ0n) is 10.6. The quantitative estimate of drug-likeness (QED) is 0.870. The van der Waals surface area contributed by atoms with Gasteiger partial charge in [-0.1, -0.05) is 11.6 Å². The summed E-state index contributed by atoms with van der Waals surface area (Å²) < 4.78 is 11.7. The lowest BCUT2D eigenvalue weighted by molar-refractivity contribution is 0.183. The van der Waals surface area contributed by atoms with Crippen LogP contribution in [0, 0.1) is 0 Å². The smallest absolute Gasteiger partial charge is 0.318 e. The van der Waals surface area contributed by atoms with Crippen molar-refractivity contribution in [2.24, 2.45) is 0 Å². The minimum Gasteiger partial charge on any atom is -0.467 e. The zero-order chi connectivity index (χ0) is 13.7. The van der Waals surface area contributed by atoms with Crippen molar-refractivity contribution in [1.29, 1.82) is 0 Å². The van der Waals surface area contributed by atoms with E-state index in [9.17, 15) is 0 Å². The summed E-state index contributed by atoms with van der Waals surface area (Å²) in [6.45, 7) is 1.28. The first-order valence-corrected chi connectivity index (χ1v) is 5.95. The summed E-state index contributed by atoms with van der Waals surface area (Å²) in [5.74, 6) is 0.472. The van der Waals surface area contributed by atoms with Crippen LogP contribution in [0.2, 0.25) is 5.02 Å². The molecule has 0 aliphatic rings. The molecule has 102 valence electrons. The minimum absolute atomic E-state index is 0.249. The van der Waals surface area contributed by atoms with E-state index < -0.39 is 0 Å². The summed E-state index contributed by atoms with van der Waals surface area (Å²) in [5, 5.41) is 7.64. The molecule has 2 aromatic heterocycles. The van der Waals surface area contributed by atoms with Gasteiger partial charge in [0.2, 0.25) is 0 Å². The first-order chi connectivity index (χ1) is 9.22. The second kappa shape index (κ2) is 6.35. The van der Waals surface area contributed by atoms with Crippen molar-refractivity contribution in [1.82, 2.24) is 19.7 Å². The predicted octanol–water partition coefficient (Wildman–Crippen LogP) is 1.73. The molecule has 19 heavy (non-hydrogen) atoms. The molecule has 0 aliphatic heterocycles. The fraction of sp³-hybridized carbons (Fsp3) is 0.364. The maximum atomic E-state index is 6.00. The lowest BCUT2D eigenvalue weighted by Gasteiger charge is -2.05. The molecule has 0 fully saturated rings. The molecule has 7 nitrogen and oxygen atoms in total. The third kappa shape index (κ3) is 3.55. The van der Waals surface area contributed by atoms with Gasteiger partial charge in [-0.25, -0.2) is 4.98 Å². The number of aromatic nitrogens is 4. The second-order valence-electron chi connectivity index (χ2n) is 3.66. The van der Waals surface area contributed by atoms with Gasteiger partial charge in [-0.2, -0.15) is 10.1 Å². The Morgan fingerprint density at radius 3 is 2.95 bits per heavy atom.